The van der Waals surface area contributed by atoms with Crippen LogP contribution in [0, 0.1) is 13.8 Å². The van der Waals surface area contributed by atoms with Gasteiger partial charge in [-0.2, -0.15) is 0 Å². The fourth-order valence-corrected chi connectivity index (χ4v) is 11.7. The Hall–Kier alpha value is -9.36. The highest BCUT2D eigenvalue weighted by Crippen LogP contribution is 2.56. The molecule has 0 fully saturated rings. The second-order valence-corrected chi connectivity index (χ2v) is 20.1. The second kappa shape index (κ2) is 19.2. The normalized spacial score (nSPS) is 12.9. The van der Waals surface area contributed by atoms with Crippen LogP contribution in [0.5, 0.6) is 0 Å². The fraction of sp³-hybridized carbons (Fsp3) is 0.0400. The molecule has 12 aromatic rings. The number of rotatable bonds is 10. The van der Waals surface area contributed by atoms with Gasteiger partial charge in [-0.15, -0.1) is 0 Å². The largest absolute Gasteiger partial charge is 0.0713 e. The molecule has 1 aliphatic rings. The molecule has 0 heteroatoms. The van der Waals surface area contributed by atoms with Crippen LogP contribution < -0.4 is 0 Å². The second-order valence-electron chi connectivity index (χ2n) is 20.1. The third kappa shape index (κ3) is 8.32. The molecule has 0 aromatic heterocycles. The van der Waals surface area contributed by atoms with Gasteiger partial charge in [0.2, 0.25) is 0 Å². The van der Waals surface area contributed by atoms with E-state index < -0.39 is 5.41 Å². The van der Waals surface area contributed by atoms with Gasteiger partial charge in [-0.25, -0.2) is 0 Å². The van der Waals surface area contributed by atoms with Crippen molar-refractivity contribution in [3.63, 3.8) is 0 Å². The summed E-state index contributed by atoms with van der Waals surface area (Å²) in [7, 11) is 0. The van der Waals surface area contributed by atoms with Crippen LogP contribution in [0.3, 0.4) is 0 Å². The SMILES string of the molecule is Cc1ccc(/C(=C\c2ccc(-c3ccc(C4(c5ccc(-c6ccc(/C=C(\c7ccc(C)cc7)c7cccc8ccccc78)cc6)cc5)c5ccccc5-c5ccccc54)cc3)cc2)c2cccc3ccccc23)cc1. The summed E-state index contributed by atoms with van der Waals surface area (Å²) >= 11 is 0. The average molecular weight is 955 g/mol. The van der Waals surface area contributed by atoms with Gasteiger partial charge in [0.15, 0.2) is 0 Å². The van der Waals surface area contributed by atoms with E-state index in [1.165, 1.54) is 122 Å². The minimum Gasteiger partial charge on any atom is -0.0619 e. The molecule has 0 nitrogen and oxygen atoms in total. The Kier molecular flexibility index (Phi) is 11.7. The van der Waals surface area contributed by atoms with Crippen molar-refractivity contribution in [3.05, 3.63) is 346 Å². The Labute approximate surface area is 440 Å². The summed E-state index contributed by atoms with van der Waals surface area (Å²) in [5, 5.41) is 4.99. The maximum Gasteiger partial charge on any atom is 0.0713 e. The van der Waals surface area contributed by atoms with Gasteiger partial charge in [-0.3, -0.25) is 0 Å². The zero-order valence-electron chi connectivity index (χ0n) is 42.2. The van der Waals surface area contributed by atoms with Crippen molar-refractivity contribution in [3.8, 4) is 33.4 Å². The van der Waals surface area contributed by atoms with Crippen LogP contribution in [0.1, 0.15) is 66.8 Å². The van der Waals surface area contributed by atoms with Crippen molar-refractivity contribution in [1.82, 2.24) is 0 Å². The quantitative estimate of drug-likeness (QED) is 0.120. The monoisotopic (exact) mass is 954 g/mol. The summed E-state index contributed by atoms with van der Waals surface area (Å²) in [5.74, 6) is 0. The van der Waals surface area contributed by atoms with Crippen LogP contribution >= 0.6 is 0 Å². The summed E-state index contributed by atoms with van der Waals surface area (Å²) < 4.78 is 0. The van der Waals surface area contributed by atoms with Gasteiger partial charge in [0.25, 0.3) is 0 Å². The highest BCUT2D eigenvalue weighted by Gasteiger charge is 2.45. The van der Waals surface area contributed by atoms with E-state index in [4.69, 9.17) is 0 Å². The number of fused-ring (bicyclic) bond motifs is 5. The molecule has 1 aliphatic carbocycles. The van der Waals surface area contributed by atoms with Crippen molar-refractivity contribution in [2.75, 3.05) is 0 Å². The lowest BCUT2D eigenvalue weighted by Gasteiger charge is -2.34. The number of hydrogen-bond acceptors (Lipinski definition) is 0. The molecule has 0 saturated carbocycles. The Balaban J connectivity index is 0.839. The molecule has 0 N–H and O–H groups in total. The van der Waals surface area contributed by atoms with Gasteiger partial charge < -0.3 is 0 Å². The maximum atomic E-state index is 2.36. The van der Waals surface area contributed by atoms with E-state index in [1.54, 1.807) is 0 Å². The summed E-state index contributed by atoms with van der Waals surface area (Å²) in [6, 6.07) is 103. The van der Waals surface area contributed by atoms with E-state index in [1.807, 2.05) is 0 Å². The molecule has 13 rings (SSSR count). The van der Waals surface area contributed by atoms with E-state index >= 15 is 0 Å². The van der Waals surface area contributed by atoms with Crippen LogP contribution in [0.4, 0.5) is 0 Å². The predicted molar refractivity (Wildman–Crippen MR) is 319 cm³/mol. The van der Waals surface area contributed by atoms with Gasteiger partial charge >= 0.3 is 0 Å². The van der Waals surface area contributed by atoms with E-state index in [0.29, 0.717) is 0 Å². The van der Waals surface area contributed by atoms with Crippen LogP contribution in [-0.2, 0) is 5.41 Å². The molecule has 0 amide bonds. The fourth-order valence-electron chi connectivity index (χ4n) is 11.7. The van der Waals surface area contributed by atoms with Gasteiger partial charge in [0.05, 0.1) is 5.41 Å². The van der Waals surface area contributed by atoms with Crippen LogP contribution in [0.25, 0.3) is 78.2 Å². The maximum absolute atomic E-state index is 2.36. The van der Waals surface area contributed by atoms with Crippen LogP contribution in [0.15, 0.2) is 279 Å². The van der Waals surface area contributed by atoms with E-state index in [9.17, 15) is 0 Å². The lowest BCUT2D eigenvalue weighted by Crippen LogP contribution is -2.28. The molecule has 0 heterocycles. The van der Waals surface area contributed by atoms with Crippen molar-refractivity contribution in [1.29, 1.82) is 0 Å². The average Bonchev–Trinajstić information content (AvgIpc) is 3.83. The third-order valence-electron chi connectivity index (χ3n) is 15.6. The smallest absolute Gasteiger partial charge is 0.0619 e. The lowest BCUT2D eigenvalue weighted by atomic mass is 9.67. The van der Waals surface area contributed by atoms with Gasteiger partial charge in [-0.1, -0.05) is 290 Å². The summed E-state index contributed by atoms with van der Waals surface area (Å²) in [4.78, 5) is 0. The molecular formula is C75H54. The molecule has 12 aromatic carbocycles. The van der Waals surface area contributed by atoms with Crippen LogP contribution in [-0.4, -0.2) is 0 Å². The Morgan fingerprint density at radius 2 is 0.627 bits per heavy atom. The molecule has 0 bridgehead atoms. The Morgan fingerprint density at radius 1 is 0.293 bits per heavy atom. The zero-order valence-corrected chi connectivity index (χ0v) is 42.2. The summed E-state index contributed by atoms with van der Waals surface area (Å²) in [6.45, 7) is 4.29. The molecule has 0 aliphatic heterocycles. The number of hydrogen-bond donors (Lipinski definition) is 0. The first-order chi connectivity index (χ1) is 37.0. The third-order valence-corrected chi connectivity index (χ3v) is 15.6. The molecule has 0 atom stereocenters. The van der Waals surface area contributed by atoms with Gasteiger partial charge in [0, 0.05) is 0 Å². The molecule has 354 valence electrons. The zero-order chi connectivity index (χ0) is 50.3. The highest BCUT2D eigenvalue weighted by molar-refractivity contribution is 6.04. The highest BCUT2D eigenvalue weighted by atomic mass is 14.5. The van der Waals surface area contributed by atoms with E-state index in [-0.39, 0.29) is 0 Å². The Morgan fingerprint density at radius 3 is 1.03 bits per heavy atom. The van der Waals surface area contributed by atoms with Gasteiger partial charge in [0.1, 0.15) is 0 Å². The minimum atomic E-state index is -0.504. The van der Waals surface area contributed by atoms with Crippen molar-refractivity contribution in [2.45, 2.75) is 19.3 Å². The first-order valence-corrected chi connectivity index (χ1v) is 26.1. The standard InChI is InChI=1S/C75H54/c1-51-25-33-61(34-26-51)71(67-21-11-15-59-13-3-5-17-65(59)67)49-53-29-37-55(38-30-53)57-41-45-63(46-42-57)75(73-23-9-7-19-69(73)70-20-8-10-24-74(70)75)64-47-43-58(44-48-64)56-39-31-54(32-40-56)50-72(62-35-27-52(2)28-36-62)68-22-12-16-60-14-4-6-18-66(60)68/h3-50H,1-2H3/b71-49+,72-50+. The summed E-state index contributed by atoms with van der Waals surface area (Å²) in [5.41, 5.74) is 24.1. The van der Waals surface area contributed by atoms with Crippen molar-refractivity contribution in [2.24, 2.45) is 0 Å². The minimum absolute atomic E-state index is 0.504. The van der Waals surface area contributed by atoms with Crippen molar-refractivity contribution < 1.29 is 0 Å². The topological polar surface area (TPSA) is 0 Å². The molecule has 75 heavy (non-hydrogen) atoms. The van der Waals surface area contributed by atoms with Crippen LogP contribution in [0.2, 0.25) is 0 Å². The van der Waals surface area contributed by atoms with E-state index in [0.717, 1.165) is 11.1 Å². The molecule has 0 unspecified atom stereocenters. The number of aryl methyl sites for hydroxylation is 2. The molecular weight excluding hydrogens is 901 g/mol. The Bertz CT molecular complexity index is 3830. The van der Waals surface area contributed by atoms with Crippen molar-refractivity contribution >= 4 is 44.8 Å². The van der Waals surface area contributed by atoms with Gasteiger partial charge in [-0.05, 0) is 148 Å². The molecule has 0 saturated heterocycles. The predicted octanol–water partition coefficient (Wildman–Crippen LogP) is 19.5. The molecule has 0 spiro atoms. The molecule has 0 radical (unpaired) electrons. The lowest BCUT2D eigenvalue weighted by molar-refractivity contribution is 0.769. The number of benzene rings is 12. The first-order valence-electron chi connectivity index (χ1n) is 26.1. The van der Waals surface area contributed by atoms with E-state index in [2.05, 4.69) is 305 Å². The first kappa shape index (κ1) is 45.5. The summed E-state index contributed by atoms with van der Waals surface area (Å²) in [6.07, 6.45) is 4.68.